The fourth-order valence-electron chi connectivity index (χ4n) is 5.38. The molecule has 2 aliphatic rings. The second kappa shape index (κ2) is 32.2. The van der Waals surface area contributed by atoms with Gasteiger partial charge in [-0.15, -0.1) is 0 Å². The molecule has 0 bridgehead atoms. The lowest BCUT2D eigenvalue weighted by molar-refractivity contribution is -0.239. The Kier molecular flexibility index (Phi) is 31.4. The van der Waals surface area contributed by atoms with Gasteiger partial charge in [-0.25, -0.2) is 4.79 Å². The largest absolute Gasteiger partial charge is 0.444 e. The van der Waals surface area contributed by atoms with E-state index in [0.29, 0.717) is 59.0 Å². The summed E-state index contributed by atoms with van der Waals surface area (Å²) in [6.45, 7) is 14.3. The minimum atomic E-state index is -0.557. The molecule has 1 saturated heterocycles. The van der Waals surface area contributed by atoms with Crippen LogP contribution in [0, 0.1) is 0 Å². The Labute approximate surface area is 308 Å². The first-order valence-corrected chi connectivity index (χ1v) is 19.0. The van der Waals surface area contributed by atoms with E-state index in [4.69, 9.17) is 33.2 Å². The SMILES string of the molecule is CC(C)(C)OC(=O)N(CCCF)CCOC1CCCCO1.CCN(CCCF)CCOC1(OC)CCCCC1.COCOCCN(C)CCCF. The number of nitrogens with zero attached hydrogens (tertiary/aromatic N) is 3. The summed E-state index contributed by atoms with van der Waals surface area (Å²) in [5.41, 5.74) is -0.557. The van der Waals surface area contributed by atoms with Crippen LogP contribution in [0.5, 0.6) is 0 Å². The van der Waals surface area contributed by atoms with E-state index < -0.39 is 18.4 Å². The predicted octanol–water partition coefficient (Wildman–Crippen LogP) is 7.02. The third-order valence-corrected chi connectivity index (χ3v) is 8.32. The van der Waals surface area contributed by atoms with Crippen molar-refractivity contribution in [3.05, 3.63) is 0 Å². The lowest BCUT2D eigenvalue weighted by Crippen LogP contribution is -2.40. The summed E-state index contributed by atoms with van der Waals surface area (Å²) in [5.74, 6) is -0.349. The second-order valence-electron chi connectivity index (χ2n) is 13.8. The van der Waals surface area contributed by atoms with Crippen molar-refractivity contribution in [2.24, 2.45) is 0 Å². The van der Waals surface area contributed by atoms with E-state index in [1.54, 1.807) is 14.2 Å². The number of hydrogen-bond acceptors (Lipinski definition) is 10. The maximum atomic E-state index is 12.3. The highest BCUT2D eigenvalue weighted by molar-refractivity contribution is 5.68. The molecule has 1 amide bonds. The van der Waals surface area contributed by atoms with Crippen molar-refractivity contribution in [2.45, 2.75) is 116 Å². The van der Waals surface area contributed by atoms with Crippen LogP contribution in [0.4, 0.5) is 18.0 Å². The molecule has 0 spiro atoms. The molecule has 0 aromatic rings. The van der Waals surface area contributed by atoms with Crippen molar-refractivity contribution in [1.29, 1.82) is 0 Å². The number of hydrogen-bond donors (Lipinski definition) is 0. The maximum Gasteiger partial charge on any atom is 0.410 e. The summed E-state index contributed by atoms with van der Waals surface area (Å²) in [6.07, 6.45) is 9.62. The Bertz CT molecular complexity index is 789. The van der Waals surface area contributed by atoms with Gasteiger partial charge >= 0.3 is 6.09 Å². The molecule has 11 nitrogen and oxygen atoms in total. The van der Waals surface area contributed by atoms with Gasteiger partial charge in [0.05, 0.1) is 39.8 Å². The summed E-state index contributed by atoms with van der Waals surface area (Å²) in [5, 5.41) is 0. The molecule has 0 radical (unpaired) electrons. The van der Waals surface area contributed by atoms with Crippen LogP contribution in [-0.2, 0) is 33.2 Å². The molecular formula is C37H74F3N3O8. The summed E-state index contributed by atoms with van der Waals surface area (Å²) in [7, 11) is 5.28. The lowest BCUT2D eigenvalue weighted by Gasteiger charge is -2.36. The van der Waals surface area contributed by atoms with E-state index in [0.717, 1.165) is 71.4 Å². The van der Waals surface area contributed by atoms with Crippen molar-refractivity contribution >= 4 is 6.09 Å². The van der Waals surface area contributed by atoms with Gasteiger partial charge in [0, 0.05) is 72.9 Å². The minimum Gasteiger partial charge on any atom is -0.444 e. The van der Waals surface area contributed by atoms with E-state index in [-0.39, 0.29) is 25.4 Å². The number of carbonyl (C=O) groups excluding carboxylic acids is 1. The van der Waals surface area contributed by atoms with Crippen molar-refractivity contribution in [3.8, 4) is 0 Å². The summed E-state index contributed by atoms with van der Waals surface area (Å²) < 4.78 is 73.9. The zero-order chi connectivity index (χ0) is 38.2. The van der Waals surface area contributed by atoms with Gasteiger partial charge in [0.1, 0.15) is 12.4 Å². The first kappa shape index (κ1) is 49.7. The third-order valence-electron chi connectivity index (χ3n) is 8.32. The van der Waals surface area contributed by atoms with E-state index in [2.05, 4.69) is 11.8 Å². The molecule has 2 rings (SSSR count). The van der Waals surface area contributed by atoms with Gasteiger partial charge in [-0.05, 0) is 85.7 Å². The number of rotatable bonds is 24. The monoisotopic (exact) mass is 746 g/mol. The summed E-state index contributed by atoms with van der Waals surface area (Å²) in [4.78, 5) is 17.8. The van der Waals surface area contributed by atoms with Gasteiger partial charge in [0.2, 0.25) is 0 Å². The molecule has 1 atom stereocenters. The van der Waals surface area contributed by atoms with Crippen LogP contribution in [0.15, 0.2) is 0 Å². The number of halogens is 3. The number of amides is 1. The molecule has 0 aromatic heterocycles. The number of likely N-dealkylation sites (N-methyl/N-ethyl adjacent to an activating group) is 2. The summed E-state index contributed by atoms with van der Waals surface area (Å²) in [6, 6.07) is 0. The van der Waals surface area contributed by atoms with Crippen LogP contribution < -0.4 is 0 Å². The Morgan fingerprint density at radius 2 is 1.49 bits per heavy atom. The van der Waals surface area contributed by atoms with Crippen molar-refractivity contribution in [3.63, 3.8) is 0 Å². The first-order chi connectivity index (χ1) is 24.5. The van der Waals surface area contributed by atoms with E-state index in [1.165, 1.54) is 24.2 Å². The Morgan fingerprint density at radius 1 is 0.824 bits per heavy atom. The molecule has 51 heavy (non-hydrogen) atoms. The molecule has 1 saturated carbocycles. The Balaban J connectivity index is 0.000000764. The van der Waals surface area contributed by atoms with Crippen LogP contribution in [0.2, 0.25) is 0 Å². The maximum absolute atomic E-state index is 12.3. The normalized spacial score (nSPS) is 17.4. The molecule has 1 heterocycles. The topological polar surface area (TPSA) is 91.4 Å². The number of alkyl halides is 3. The number of methoxy groups -OCH3 is 2. The minimum absolute atomic E-state index is 0.180. The Hall–Kier alpha value is -1.26. The molecule has 1 aliphatic carbocycles. The van der Waals surface area contributed by atoms with E-state index in [9.17, 15) is 18.0 Å². The molecule has 1 unspecified atom stereocenters. The van der Waals surface area contributed by atoms with Crippen LogP contribution in [0.1, 0.15) is 98.3 Å². The zero-order valence-electron chi connectivity index (χ0n) is 33.2. The fourth-order valence-corrected chi connectivity index (χ4v) is 5.38. The smallest absolute Gasteiger partial charge is 0.410 e. The average Bonchev–Trinajstić information content (AvgIpc) is 3.12. The van der Waals surface area contributed by atoms with Gasteiger partial charge in [-0.1, -0.05) is 13.3 Å². The van der Waals surface area contributed by atoms with Gasteiger partial charge in [-0.2, -0.15) is 0 Å². The van der Waals surface area contributed by atoms with Gasteiger partial charge in [0.25, 0.3) is 0 Å². The second-order valence-corrected chi connectivity index (χ2v) is 13.8. The highest BCUT2D eigenvalue weighted by Gasteiger charge is 2.32. The van der Waals surface area contributed by atoms with E-state index >= 15 is 0 Å². The van der Waals surface area contributed by atoms with Crippen molar-refractivity contribution in [2.75, 3.05) is 120 Å². The van der Waals surface area contributed by atoms with Crippen LogP contribution >= 0.6 is 0 Å². The third kappa shape index (κ3) is 27.9. The quantitative estimate of drug-likeness (QED) is 0.0759. The highest BCUT2D eigenvalue weighted by Crippen LogP contribution is 2.32. The molecular weight excluding hydrogens is 671 g/mol. The van der Waals surface area contributed by atoms with Crippen LogP contribution in [0.3, 0.4) is 0 Å². The lowest BCUT2D eigenvalue weighted by atomic mass is 9.94. The van der Waals surface area contributed by atoms with Crippen molar-refractivity contribution < 1.29 is 51.1 Å². The molecule has 14 heteroatoms. The molecule has 2 fully saturated rings. The molecule has 1 aliphatic heterocycles. The summed E-state index contributed by atoms with van der Waals surface area (Å²) >= 11 is 0. The molecule has 0 aromatic carbocycles. The van der Waals surface area contributed by atoms with Crippen LogP contribution in [0.25, 0.3) is 0 Å². The Morgan fingerprint density at radius 3 is 2.06 bits per heavy atom. The first-order valence-electron chi connectivity index (χ1n) is 19.0. The molecule has 306 valence electrons. The standard InChI is InChI=1S/C15H28FNO4.C14H28FNO2.C8H18FNO2/c1-15(2,3)21-14(18)17(9-6-8-16)10-12-20-13-7-4-5-11-19-13;1-3-16(11-7-10-15)12-13-18-14(17-2)8-5-4-6-9-14;1-10(5-3-4-9)6-7-12-8-11-2/h13H,4-12H2,1-3H3;3-13H2,1-2H3;3-8H2,1-2H3. The van der Waals surface area contributed by atoms with E-state index in [1.807, 2.05) is 32.7 Å². The molecule has 0 N–H and O–H groups in total. The zero-order valence-corrected chi connectivity index (χ0v) is 33.2. The van der Waals surface area contributed by atoms with Crippen LogP contribution in [-0.4, -0.2) is 159 Å². The highest BCUT2D eigenvalue weighted by atomic mass is 19.1. The number of carbonyl (C=O) groups is 1. The van der Waals surface area contributed by atoms with Gasteiger partial charge in [0.15, 0.2) is 12.1 Å². The van der Waals surface area contributed by atoms with Gasteiger partial charge < -0.3 is 47.9 Å². The number of ether oxygens (including phenoxy) is 7. The van der Waals surface area contributed by atoms with Crippen molar-refractivity contribution in [1.82, 2.24) is 14.7 Å². The predicted molar refractivity (Wildman–Crippen MR) is 195 cm³/mol. The average molecular weight is 746 g/mol. The fraction of sp³-hybridized carbons (Fsp3) is 0.973. The van der Waals surface area contributed by atoms with Gasteiger partial charge in [-0.3, -0.25) is 13.2 Å².